The minimum absolute atomic E-state index is 0.338. The Morgan fingerprint density at radius 1 is 1.32 bits per heavy atom. The van der Waals surface area contributed by atoms with Gasteiger partial charge in [0.05, 0.1) is 7.11 Å². The first kappa shape index (κ1) is 16.0. The van der Waals surface area contributed by atoms with Gasteiger partial charge in [0.1, 0.15) is 0 Å². The van der Waals surface area contributed by atoms with Gasteiger partial charge in [0, 0.05) is 17.8 Å². The van der Waals surface area contributed by atoms with Crippen molar-refractivity contribution < 1.29 is 4.74 Å². The van der Waals surface area contributed by atoms with Crippen molar-refractivity contribution in [2.24, 2.45) is 5.92 Å². The topological polar surface area (TPSA) is 34.2 Å². The molecule has 3 nitrogen and oxygen atoms in total. The van der Waals surface area contributed by atoms with E-state index in [0.29, 0.717) is 12.0 Å². The predicted molar refractivity (Wildman–Crippen MR) is 80.5 cm³/mol. The van der Waals surface area contributed by atoms with Crippen molar-refractivity contribution in [3.63, 3.8) is 0 Å². The molecule has 2 atom stereocenters. The van der Waals surface area contributed by atoms with Gasteiger partial charge in [-0.25, -0.2) is 4.98 Å². The standard InChI is InChI=1S/C16H28N2O/c1-5-8-13(3)12-15(17-10-6-2)14-9-7-11-18-16(14)19-4/h7,9,11,13,15,17H,5-6,8,10,12H2,1-4H3. The molecule has 0 aliphatic carbocycles. The van der Waals surface area contributed by atoms with Gasteiger partial charge in [-0.2, -0.15) is 0 Å². The van der Waals surface area contributed by atoms with Crippen molar-refractivity contribution in [1.82, 2.24) is 10.3 Å². The zero-order chi connectivity index (χ0) is 14.1. The lowest BCUT2D eigenvalue weighted by molar-refractivity contribution is 0.356. The fourth-order valence-electron chi connectivity index (χ4n) is 2.49. The molecule has 1 aromatic heterocycles. The maximum absolute atomic E-state index is 5.40. The second kappa shape index (κ2) is 8.92. The van der Waals surface area contributed by atoms with Crippen LogP contribution in [0, 0.1) is 5.92 Å². The molecule has 0 radical (unpaired) electrons. The lowest BCUT2D eigenvalue weighted by Gasteiger charge is -2.23. The van der Waals surface area contributed by atoms with Gasteiger partial charge in [0.15, 0.2) is 0 Å². The number of rotatable bonds is 9. The number of ether oxygens (including phenoxy) is 1. The molecule has 19 heavy (non-hydrogen) atoms. The van der Waals surface area contributed by atoms with Gasteiger partial charge in [0.2, 0.25) is 5.88 Å². The number of nitrogens with one attached hydrogen (secondary N) is 1. The maximum Gasteiger partial charge on any atom is 0.217 e. The van der Waals surface area contributed by atoms with Crippen LogP contribution in [0.15, 0.2) is 18.3 Å². The average molecular weight is 264 g/mol. The maximum atomic E-state index is 5.40. The Balaban J connectivity index is 2.82. The highest BCUT2D eigenvalue weighted by molar-refractivity contribution is 5.29. The van der Waals surface area contributed by atoms with E-state index >= 15 is 0 Å². The van der Waals surface area contributed by atoms with E-state index < -0.39 is 0 Å². The molecular formula is C16H28N2O. The third kappa shape index (κ3) is 5.19. The van der Waals surface area contributed by atoms with Crippen LogP contribution in [0.4, 0.5) is 0 Å². The lowest BCUT2D eigenvalue weighted by Crippen LogP contribution is -2.24. The summed E-state index contributed by atoms with van der Waals surface area (Å²) in [7, 11) is 1.69. The van der Waals surface area contributed by atoms with Gasteiger partial charge < -0.3 is 10.1 Å². The van der Waals surface area contributed by atoms with Crippen LogP contribution in [0.5, 0.6) is 5.88 Å². The van der Waals surface area contributed by atoms with E-state index in [4.69, 9.17) is 4.74 Å². The molecule has 0 fully saturated rings. The quantitative estimate of drug-likeness (QED) is 0.733. The van der Waals surface area contributed by atoms with Crippen LogP contribution >= 0.6 is 0 Å². The first-order valence-corrected chi connectivity index (χ1v) is 7.45. The fourth-order valence-corrected chi connectivity index (χ4v) is 2.49. The number of aromatic nitrogens is 1. The molecule has 0 bridgehead atoms. The van der Waals surface area contributed by atoms with E-state index in [1.807, 2.05) is 6.07 Å². The summed E-state index contributed by atoms with van der Waals surface area (Å²) in [6.07, 6.45) is 6.57. The number of hydrogen-bond donors (Lipinski definition) is 1. The molecule has 3 heteroatoms. The molecule has 0 saturated carbocycles. The fraction of sp³-hybridized carbons (Fsp3) is 0.688. The molecule has 0 saturated heterocycles. The lowest BCUT2D eigenvalue weighted by atomic mass is 9.93. The SMILES string of the molecule is CCCNC(CC(C)CCC)c1cccnc1OC. The van der Waals surface area contributed by atoms with Crippen molar-refractivity contribution in [3.8, 4) is 5.88 Å². The van der Waals surface area contributed by atoms with E-state index in [9.17, 15) is 0 Å². The Hall–Kier alpha value is -1.09. The zero-order valence-electron chi connectivity index (χ0n) is 12.8. The van der Waals surface area contributed by atoms with Crippen molar-refractivity contribution in [3.05, 3.63) is 23.9 Å². The summed E-state index contributed by atoms with van der Waals surface area (Å²) in [5.74, 6) is 1.46. The normalized spacial score (nSPS) is 14.1. The molecule has 2 unspecified atom stereocenters. The smallest absolute Gasteiger partial charge is 0.217 e. The largest absolute Gasteiger partial charge is 0.481 e. The average Bonchev–Trinajstić information content (AvgIpc) is 2.43. The van der Waals surface area contributed by atoms with Crippen LogP contribution < -0.4 is 10.1 Å². The highest BCUT2D eigenvalue weighted by Crippen LogP contribution is 2.29. The first-order valence-electron chi connectivity index (χ1n) is 7.45. The Labute approximate surface area is 117 Å². The number of nitrogens with zero attached hydrogens (tertiary/aromatic N) is 1. The summed E-state index contributed by atoms with van der Waals surface area (Å²) in [5, 5.41) is 3.63. The van der Waals surface area contributed by atoms with Gasteiger partial charge >= 0.3 is 0 Å². The Kier molecular flexibility index (Phi) is 7.49. The van der Waals surface area contributed by atoms with Crippen molar-refractivity contribution >= 4 is 0 Å². The highest BCUT2D eigenvalue weighted by Gasteiger charge is 2.18. The van der Waals surface area contributed by atoms with Crippen LogP contribution in [0.1, 0.15) is 58.1 Å². The van der Waals surface area contributed by atoms with Gasteiger partial charge in [0.25, 0.3) is 0 Å². The Morgan fingerprint density at radius 3 is 2.74 bits per heavy atom. The summed E-state index contributed by atoms with van der Waals surface area (Å²) in [6.45, 7) is 7.80. The molecule has 1 rings (SSSR count). The second-order valence-corrected chi connectivity index (χ2v) is 5.24. The minimum atomic E-state index is 0.338. The molecule has 0 aliphatic heterocycles. The number of pyridine rings is 1. The number of methoxy groups -OCH3 is 1. The summed E-state index contributed by atoms with van der Waals surface area (Å²) >= 11 is 0. The van der Waals surface area contributed by atoms with E-state index in [1.54, 1.807) is 13.3 Å². The third-order valence-electron chi connectivity index (χ3n) is 3.43. The van der Waals surface area contributed by atoms with Crippen molar-refractivity contribution in [1.29, 1.82) is 0 Å². The third-order valence-corrected chi connectivity index (χ3v) is 3.43. The Bertz CT molecular complexity index is 354. The van der Waals surface area contributed by atoms with Crippen LogP contribution in [-0.4, -0.2) is 18.6 Å². The molecule has 108 valence electrons. The molecule has 0 aliphatic rings. The zero-order valence-corrected chi connectivity index (χ0v) is 12.8. The van der Waals surface area contributed by atoms with Gasteiger partial charge in [-0.1, -0.05) is 39.7 Å². The van der Waals surface area contributed by atoms with E-state index in [2.05, 4.69) is 37.1 Å². The van der Waals surface area contributed by atoms with E-state index in [0.717, 1.165) is 25.3 Å². The van der Waals surface area contributed by atoms with E-state index in [-0.39, 0.29) is 0 Å². The van der Waals surface area contributed by atoms with E-state index in [1.165, 1.54) is 18.4 Å². The highest BCUT2D eigenvalue weighted by atomic mass is 16.5. The summed E-state index contributed by atoms with van der Waals surface area (Å²) in [4.78, 5) is 4.32. The molecule has 1 N–H and O–H groups in total. The minimum Gasteiger partial charge on any atom is -0.481 e. The molecule has 0 aromatic carbocycles. The van der Waals surface area contributed by atoms with Crippen LogP contribution in [0.25, 0.3) is 0 Å². The second-order valence-electron chi connectivity index (χ2n) is 5.24. The summed E-state index contributed by atoms with van der Waals surface area (Å²) < 4.78 is 5.40. The number of hydrogen-bond acceptors (Lipinski definition) is 3. The first-order chi connectivity index (χ1) is 9.22. The molecule has 1 heterocycles. The van der Waals surface area contributed by atoms with Crippen LogP contribution in [0.2, 0.25) is 0 Å². The molecule has 1 aromatic rings. The van der Waals surface area contributed by atoms with Crippen LogP contribution in [-0.2, 0) is 0 Å². The van der Waals surface area contributed by atoms with Crippen molar-refractivity contribution in [2.75, 3.05) is 13.7 Å². The summed E-state index contributed by atoms with van der Waals surface area (Å²) in [6, 6.07) is 4.45. The van der Waals surface area contributed by atoms with Gasteiger partial charge in [-0.15, -0.1) is 0 Å². The molecule has 0 amide bonds. The predicted octanol–water partition coefficient (Wildman–Crippen LogP) is 3.96. The summed E-state index contributed by atoms with van der Waals surface area (Å²) in [5.41, 5.74) is 1.18. The Morgan fingerprint density at radius 2 is 2.11 bits per heavy atom. The van der Waals surface area contributed by atoms with Gasteiger partial charge in [-0.3, -0.25) is 0 Å². The molecule has 0 spiro atoms. The van der Waals surface area contributed by atoms with Crippen molar-refractivity contribution in [2.45, 2.75) is 52.5 Å². The molecular weight excluding hydrogens is 236 g/mol. The van der Waals surface area contributed by atoms with Crippen LogP contribution in [0.3, 0.4) is 0 Å². The monoisotopic (exact) mass is 264 g/mol. The van der Waals surface area contributed by atoms with Gasteiger partial charge in [-0.05, 0) is 31.4 Å².